The van der Waals surface area contributed by atoms with Crippen LogP contribution < -0.4 is 22.9 Å². The highest BCUT2D eigenvalue weighted by atomic mass is 32.3. The Morgan fingerprint density at radius 2 is 0.745 bits per heavy atom. The molecule has 0 bridgehead atoms. The second-order valence-corrected chi connectivity index (χ2v) is 11.5. The van der Waals surface area contributed by atoms with Gasteiger partial charge in [0.05, 0.1) is 0 Å². The van der Waals surface area contributed by atoms with Gasteiger partial charge >= 0.3 is 10.4 Å². The van der Waals surface area contributed by atoms with Gasteiger partial charge in [0, 0.05) is 22.7 Å². The fourth-order valence-electron chi connectivity index (χ4n) is 4.62. The van der Waals surface area contributed by atoms with Crippen LogP contribution in [0.5, 0.6) is 0 Å². The van der Waals surface area contributed by atoms with Crippen LogP contribution in [0.4, 0.5) is 22.7 Å². The first-order valence-corrected chi connectivity index (χ1v) is 17.3. The van der Waals surface area contributed by atoms with Crippen LogP contribution in [0.2, 0.25) is 0 Å². The quantitative estimate of drug-likeness (QED) is 0.0828. The van der Waals surface area contributed by atoms with Gasteiger partial charge in [0.2, 0.25) is 0 Å². The van der Waals surface area contributed by atoms with E-state index in [1.54, 1.807) is 0 Å². The number of nitrogens with zero attached hydrogens (tertiary/aromatic N) is 6. The average Bonchev–Trinajstić information content (AvgIpc) is 3.90. The number of hydrogen-bond donors (Lipinski definition) is 8. The molecular weight excluding hydrogens is 673 g/mol. The molecule has 6 aromatic rings. The second-order valence-electron chi connectivity index (χ2n) is 10.6. The van der Waals surface area contributed by atoms with Crippen molar-refractivity contribution in [2.45, 2.75) is 53.4 Å². The number of tetrazole rings is 2. The van der Waals surface area contributed by atoms with E-state index in [2.05, 4.69) is 117 Å². The minimum Gasteiger partial charge on any atom is -0.399 e. The van der Waals surface area contributed by atoms with Gasteiger partial charge in [0.25, 0.3) is 0 Å². The number of benzene rings is 4. The van der Waals surface area contributed by atoms with Crippen molar-refractivity contribution < 1.29 is 17.5 Å². The molecule has 0 unspecified atom stereocenters. The number of nitrogens with two attached hydrogens (primary N) is 4. The number of aromatic nitrogens is 8. The van der Waals surface area contributed by atoms with Gasteiger partial charge in [0.1, 0.15) is 0 Å². The van der Waals surface area contributed by atoms with Crippen LogP contribution in [-0.4, -0.2) is 58.8 Å². The molecule has 2 heterocycles. The van der Waals surface area contributed by atoms with Gasteiger partial charge in [-0.1, -0.05) is 62.4 Å². The number of aromatic amines is 2. The molecule has 12 N–H and O–H groups in total. The van der Waals surface area contributed by atoms with Crippen molar-refractivity contribution in [1.82, 2.24) is 41.2 Å². The fourth-order valence-corrected chi connectivity index (χ4v) is 4.62. The molecule has 0 saturated heterocycles. The summed E-state index contributed by atoms with van der Waals surface area (Å²) in [4.78, 5) is 0. The van der Waals surface area contributed by atoms with Gasteiger partial charge in [-0.25, -0.2) is 0 Å². The minimum atomic E-state index is -4.67. The third kappa shape index (κ3) is 15.0. The number of H-pyrrole nitrogens is 2. The molecule has 51 heavy (non-hydrogen) atoms. The Balaban J connectivity index is 0.000000252. The fraction of sp³-hybridized carbons (Fsp3) is 0.235. The van der Waals surface area contributed by atoms with E-state index in [0.717, 1.165) is 48.4 Å². The van der Waals surface area contributed by atoms with Crippen molar-refractivity contribution in [3.05, 3.63) is 108 Å². The lowest BCUT2D eigenvalue weighted by molar-refractivity contribution is 0.381. The third-order valence-electron chi connectivity index (χ3n) is 7.30. The number of anilines is 4. The molecule has 6 rings (SSSR count). The lowest BCUT2D eigenvalue weighted by Gasteiger charge is -2.10. The molecule has 0 amide bonds. The Morgan fingerprint density at radius 3 is 0.882 bits per heavy atom. The zero-order valence-electron chi connectivity index (χ0n) is 29.0. The summed E-state index contributed by atoms with van der Waals surface area (Å²) in [7, 11) is -4.67. The van der Waals surface area contributed by atoms with Gasteiger partial charge < -0.3 is 22.9 Å². The number of hydrogen-bond acceptors (Lipinski definition) is 12. The molecule has 0 aliphatic carbocycles. The molecule has 0 spiro atoms. The van der Waals surface area contributed by atoms with Crippen molar-refractivity contribution >= 4 is 33.1 Å². The van der Waals surface area contributed by atoms with E-state index in [9.17, 15) is 0 Å². The van der Waals surface area contributed by atoms with Gasteiger partial charge in [-0.2, -0.15) is 18.8 Å². The van der Waals surface area contributed by atoms with Crippen LogP contribution in [0.3, 0.4) is 0 Å². The summed E-state index contributed by atoms with van der Waals surface area (Å²) in [6.45, 7) is 8.48. The molecule has 16 nitrogen and oxygen atoms in total. The minimum absolute atomic E-state index is 0.868. The molecule has 17 heteroatoms. The average molecular weight is 719 g/mol. The molecule has 0 aliphatic rings. The Bertz CT molecular complexity index is 1710. The van der Waals surface area contributed by atoms with E-state index in [1.165, 1.54) is 57.2 Å². The van der Waals surface area contributed by atoms with Crippen molar-refractivity contribution in [2.75, 3.05) is 22.9 Å². The SMILES string of the molecule is CCc1cc(-c2ccc(N)c(CC)c2)ccc1N.CCc1cc(-c2ccc(N)c(CC)c2)ccc1N.O=S(=O)(O)O.c1nn[nH]n1.c1nn[nH]n1. The molecule has 0 saturated carbocycles. The first-order valence-electron chi connectivity index (χ1n) is 15.9. The number of aryl methyl sites for hydroxylation is 4. The van der Waals surface area contributed by atoms with Crippen molar-refractivity contribution in [3.63, 3.8) is 0 Å². The summed E-state index contributed by atoms with van der Waals surface area (Å²) in [6.07, 6.45) is 6.48. The first kappa shape index (κ1) is 41.3. The Hall–Kier alpha value is -5.91. The maximum atomic E-state index is 8.74. The molecule has 2 aromatic heterocycles. The van der Waals surface area contributed by atoms with Gasteiger partial charge in [-0.3, -0.25) is 9.11 Å². The maximum Gasteiger partial charge on any atom is 0.394 e. The van der Waals surface area contributed by atoms with E-state index >= 15 is 0 Å². The monoisotopic (exact) mass is 718 g/mol. The molecule has 0 fully saturated rings. The lowest BCUT2D eigenvalue weighted by atomic mass is 9.98. The van der Waals surface area contributed by atoms with Crippen LogP contribution in [0.15, 0.2) is 85.5 Å². The summed E-state index contributed by atoms with van der Waals surface area (Å²) in [5.41, 5.74) is 36.8. The van der Waals surface area contributed by atoms with Crippen LogP contribution in [0.25, 0.3) is 22.3 Å². The standard InChI is InChI=1S/2C16H20N2.2CH2N4.H2O4S/c2*1-3-11-9-13(5-7-15(11)17)14-6-8-16(18)12(4-2)10-14;2*1-2-4-5-3-1;1-5(2,3)4/h2*5-10H,3-4,17-18H2,1-2H3;2*1H,(H,2,3,4,5);(H2,1,2,3,4). The smallest absolute Gasteiger partial charge is 0.394 e. The predicted molar refractivity (Wildman–Crippen MR) is 201 cm³/mol. The highest BCUT2D eigenvalue weighted by Gasteiger charge is 2.06. The highest BCUT2D eigenvalue weighted by Crippen LogP contribution is 2.28. The second kappa shape index (κ2) is 21.2. The summed E-state index contributed by atoms with van der Waals surface area (Å²) >= 11 is 0. The maximum absolute atomic E-state index is 8.74. The summed E-state index contributed by atoms with van der Waals surface area (Å²) in [5, 5.41) is 24.3. The molecule has 272 valence electrons. The Labute approximate surface area is 297 Å². The molecule has 0 aliphatic heterocycles. The van der Waals surface area contributed by atoms with Crippen molar-refractivity contribution in [2.24, 2.45) is 0 Å². The molecule has 0 radical (unpaired) electrons. The predicted octanol–water partition coefficient (Wildman–Crippen LogP) is 5.03. The molecule has 4 aromatic carbocycles. The Kier molecular flexibility index (Phi) is 17.2. The van der Waals surface area contributed by atoms with E-state index in [1.807, 2.05) is 24.3 Å². The topological polar surface area (TPSA) is 288 Å². The third-order valence-corrected chi connectivity index (χ3v) is 7.30. The Morgan fingerprint density at radius 1 is 0.510 bits per heavy atom. The first-order chi connectivity index (χ1) is 24.3. The number of nitrogens with one attached hydrogen (secondary N) is 2. The number of rotatable bonds is 6. The van der Waals surface area contributed by atoms with Crippen LogP contribution in [0.1, 0.15) is 49.9 Å². The summed E-state index contributed by atoms with van der Waals surface area (Å²) in [5.74, 6) is 0. The van der Waals surface area contributed by atoms with E-state index in [-0.39, 0.29) is 0 Å². The van der Waals surface area contributed by atoms with Crippen molar-refractivity contribution in [1.29, 1.82) is 0 Å². The summed E-state index contributed by atoms with van der Waals surface area (Å²) < 4.78 is 31.6. The lowest BCUT2D eigenvalue weighted by Crippen LogP contribution is -1.95. The largest absolute Gasteiger partial charge is 0.399 e. The van der Waals surface area contributed by atoms with E-state index in [4.69, 9.17) is 40.5 Å². The van der Waals surface area contributed by atoms with Crippen LogP contribution >= 0.6 is 0 Å². The summed E-state index contributed by atoms with van der Waals surface area (Å²) in [6, 6.07) is 24.9. The van der Waals surface area contributed by atoms with Crippen LogP contribution in [0, 0.1) is 0 Å². The zero-order chi connectivity index (χ0) is 37.8. The molecular formula is C34H46N12O4S. The van der Waals surface area contributed by atoms with Gasteiger partial charge in [-0.15, -0.1) is 20.4 Å². The zero-order valence-corrected chi connectivity index (χ0v) is 29.8. The van der Waals surface area contributed by atoms with Crippen LogP contribution in [-0.2, 0) is 36.1 Å². The van der Waals surface area contributed by atoms with Crippen molar-refractivity contribution in [3.8, 4) is 22.3 Å². The number of nitrogen functional groups attached to an aromatic ring is 4. The van der Waals surface area contributed by atoms with E-state index < -0.39 is 10.4 Å². The van der Waals surface area contributed by atoms with Gasteiger partial charge in [-0.05, 0) is 119 Å². The highest BCUT2D eigenvalue weighted by molar-refractivity contribution is 7.79. The normalized spacial score (nSPS) is 10.2. The van der Waals surface area contributed by atoms with E-state index in [0.29, 0.717) is 0 Å². The van der Waals surface area contributed by atoms with Gasteiger partial charge in [0.15, 0.2) is 12.7 Å². The molecule has 0 atom stereocenters.